The van der Waals surface area contributed by atoms with Crippen molar-refractivity contribution < 1.29 is 32.9 Å². The van der Waals surface area contributed by atoms with Crippen molar-refractivity contribution in [3.05, 3.63) is 29.1 Å². The van der Waals surface area contributed by atoms with E-state index >= 15 is 0 Å². The first-order valence-electron chi connectivity index (χ1n) is 4.46. The van der Waals surface area contributed by atoms with Gasteiger partial charge in [0.1, 0.15) is 6.07 Å². The third-order valence-electron chi connectivity index (χ3n) is 2.00. The van der Waals surface area contributed by atoms with Crippen LogP contribution in [0.1, 0.15) is 17.2 Å². The molecule has 18 heavy (non-hydrogen) atoms. The van der Waals surface area contributed by atoms with Gasteiger partial charge in [-0.2, -0.15) is 14.0 Å². The third kappa shape index (κ3) is 2.70. The predicted octanol–water partition coefficient (Wildman–Crippen LogP) is 1.42. The molecule has 96 valence electrons. The van der Waals surface area contributed by atoms with Crippen LogP contribution in [0.3, 0.4) is 0 Å². The van der Waals surface area contributed by atoms with Crippen LogP contribution >= 0.6 is 0 Å². The maximum Gasteiger partial charge on any atom is 0.387 e. The molecule has 8 heteroatoms. The summed E-state index contributed by atoms with van der Waals surface area (Å²) in [6.45, 7) is -3.29. The van der Waals surface area contributed by atoms with Crippen LogP contribution in [0.15, 0.2) is 12.1 Å². The highest BCUT2D eigenvalue weighted by molar-refractivity contribution is 5.75. The summed E-state index contributed by atoms with van der Waals surface area (Å²) in [7, 11) is 0. The zero-order chi connectivity index (χ0) is 13.9. The first kappa shape index (κ1) is 13.8. The van der Waals surface area contributed by atoms with Crippen molar-refractivity contribution in [1.29, 1.82) is 5.26 Å². The summed E-state index contributed by atoms with van der Waals surface area (Å²) < 4.78 is 41.1. The number of nitrogens with zero attached hydrogens (tertiary/aromatic N) is 1. The Morgan fingerprint density at radius 1 is 1.44 bits per heavy atom. The zero-order valence-electron chi connectivity index (χ0n) is 8.60. The number of hydrogen-bond acceptors (Lipinski definition) is 4. The Kier molecular flexibility index (Phi) is 4.12. The van der Waals surface area contributed by atoms with E-state index in [-0.39, 0.29) is 0 Å². The highest BCUT2D eigenvalue weighted by Crippen LogP contribution is 2.28. The fraction of sp³-hybridized carbons (Fsp3) is 0.200. The quantitative estimate of drug-likeness (QED) is 0.855. The Bertz CT molecular complexity index is 513. The van der Waals surface area contributed by atoms with Crippen molar-refractivity contribution in [2.45, 2.75) is 12.7 Å². The molecular weight excluding hydrogens is 255 g/mol. The normalized spacial score (nSPS) is 12.0. The standard InChI is InChI=1S/C10H6F3NO4/c11-7-5(3-14)4(8(15)9(16)17)1-2-6(7)18-10(12)13/h1-2,8,10,15H,(H,16,17). The monoisotopic (exact) mass is 261 g/mol. The van der Waals surface area contributed by atoms with E-state index < -0.39 is 41.4 Å². The van der Waals surface area contributed by atoms with Gasteiger partial charge in [-0.3, -0.25) is 0 Å². The van der Waals surface area contributed by atoms with Crippen LogP contribution in [0.4, 0.5) is 13.2 Å². The number of carboxylic acids is 1. The van der Waals surface area contributed by atoms with Crippen molar-refractivity contribution in [2.24, 2.45) is 0 Å². The second kappa shape index (κ2) is 5.37. The molecule has 0 saturated heterocycles. The Morgan fingerprint density at radius 2 is 2.06 bits per heavy atom. The number of halogens is 3. The molecule has 2 N–H and O–H groups in total. The number of carbonyl (C=O) groups is 1. The number of aliphatic hydroxyl groups excluding tert-OH is 1. The van der Waals surface area contributed by atoms with Crippen LogP contribution in [0.5, 0.6) is 5.75 Å². The molecule has 1 aromatic rings. The number of aliphatic carboxylic acids is 1. The summed E-state index contributed by atoms with van der Waals surface area (Å²) in [5.74, 6) is -4.05. The number of alkyl halides is 2. The molecule has 0 radical (unpaired) electrons. The van der Waals surface area contributed by atoms with Gasteiger partial charge in [0.25, 0.3) is 0 Å². The Balaban J connectivity index is 3.30. The number of aliphatic hydroxyl groups is 1. The van der Waals surface area contributed by atoms with Crippen molar-refractivity contribution in [3.8, 4) is 11.8 Å². The summed E-state index contributed by atoms with van der Waals surface area (Å²) in [6.07, 6.45) is -2.13. The largest absolute Gasteiger partial charge is 0.479 e. The van der Waals surface area contributed by atoms with E-state index in [0.717, 1.165) is 6.07 Å². The lowest BCUT2D eigenvalue weighted by Gasteiger charge is -2.11. The molecule has 0 aliphatic heterocycles. The molecule has 0 aliphatic rings. The van der Waals surface area contributed by atoms with Crippen LogP contribution in [0.2, 0.25) is 0 Å². The predicted molar refractivity (Wildman–Crippen MR) is 50.3 cm³/mol. The summed E-state index contributed by atoms with van der Waals surface area (Å²) in [5, 5.41) is 26.4. The van der Waals surface area contributed by atoms with Gasteiger partial charge in [0.15, 0.2) is 17.7 Å². The SMILES string of the molecule is N#Cc1c(C(O)C(=O)O)ccc(OC(F)F)c1F. The fourth-order valence-corrected chi connectivity index (χ4v) is 1.23. The minimum Gasteiger partial charge on any atom is -0.479 e. The van der Waals surface area contributed by atoms with E-state index in [1.807, 2.05) is 0 Å². The smallest absolute Gasteiger partial charge is 0.387 e. The van der Waals surface area contributed by atoms with E-state index in [2.05, 4.69) is 4.74 Å². The van der Waals surface area contributed by atoms with Gasteiger partial charge in [-0.1, -0.05) is 6.07 Å². The van der Waals surface area contributed by atoms with Gasteiger partial charge in [-0.25, -0.2) is 9.18 Å². The molecule has 1 atom stereocenters. The maximum atomic E-state index is 13.5. The van der Waals surface area contributed by atoms with Crippen LogP contribution in [0.25, 0.3) is 0 Å². The molecule has 0 aliphatic carbocycles. The molecule has 1 aromatic carbocycles. The summed E-state index contributed by atoms with van der Waals surface area (Å²) in [6, 6.07) is 2.83. The van der Waals surface area contributed by atoms with Crippen LogP contribution < -0.4 is 4.74 Å². The van der Waals surface area contributed by atoms with Crippen molar-refractivity contribution in [1.82, 2.24) is 0 Å². The molecule has 0 bridgehead atoms. The topological polar surface area (TPSA) is 90.5 Å². The number of nitriles is 1. The minimum atomic E-state index is -3.29. The molecule has 1 rings (SSSR count). The van der Waals surface area contributed by atoms with Crippen LogP contribution in [-0.4, -0.2) is 22.8 Å². The second-order valence-electron chi connectivity index (χ2n) is 3.07. The molecule has 0 amide bonds. The molecular formula is C10H6F3NO4. The lowest BCUT2D eigenvalue weighted by atomic mass is 10.0. The molecule has 0 heterocycles. The Hall–Kier alpha value is -2.27. The number of benzene rings is 1. The summed E-state index contributed by atoms with van der Waals surface area (Å²) >= 11 is 0. The number of hydrogen-bond donors (Lipinski definition) is 2. The number of rotatable bonds is 4. The molecule has 0 spiro atoms. The third-order valence-corrected chi connectivity index (χ3v) is 2.00. The van der Waals surface area contributed by atoms with Gasteiger partial charge < -0.3 is 14.9 Å². The van der Waals surface area contributed by atoms with E-state index in [9.17, 15) is 23.1 Å². The average molecular weight is 261 g/mol. The van der Waals surface area contributed by atoms with Crippen LogP contribution in [-0.2, 0) is 4.79 Å². The van der Waals surface area contributed by atoms with Gasteiger partial charge >= 0.3 is 12.6 Å². The lowest BCUT2D eigenvalue weighted by molar-refractivity contribution is -0.147. The van der Waals surface area contributed by atoms with Gasteiger partial charge in [-0.15, -0.1) is 0 Å². The molecule has 0 aromatic heterocycles. The van der Waals surface area contributed by atoms with Crippen molar-refractivity contribution in [2.75, 3.05) is 0 Å². The van der Waals surface area contributed by atoms with Crippen molar-refractivity contribution in [3.63, 3.8) is 0 Å². The molecule has 0 fully saturated rings. The van der Waals surface area contributed by atoms with Crippen molar-refractivity contribution >= 4 is 5.97 Å². The molecule has 1 unspecified atom stereocenters. The summed E-state index contributed by atoms with van der Waals surface area (Å²) in [5.41, 5.74) is -1.40. The van der Waals surface area contributed by atoms with E-state index in [1.165, 1.54) is 6.07 Å². The average Bonchev–Trinajstić information content (AvgIpc) is 2.29. The number of carboxylic acid groups (broad SMARTS) is 1. The van der Waals surface area contributed by atoms with Gasteiger partial charge in [0.05, 0.1) is 5.56 Å². The second-order valence-corrected chi connectivity index (χ2v) is 3.07. The first-order chi connectivity index (χ1) is 8.38. The lowest BCUT2D eigenvalue weighted by Crippen LogP contribution is -2.14. The van der Waals surface area contributed by atoms with E-state index in [4.69, 9.17) is 10.4 Å². The summed E-state index contributed by atoms with van der Waals surface area (Å²) in [4.78, 5) is 10.5. The molecule has 5 nitrogen and oxygen atoms in total. The van der Waals surface area contributed by atoms with Gasteiger partial charge in [-0.05, 0) is 6.07 Å². The van der Waals surface area contributed by atoms with Crippen LogP contribution in [0, 0.1) is 17.1 Å². The highest BCUT2D eigenvalue weighted by Gasteiger charge is 2.24. The molecule has 0 saturated carbocycles. The fourth-order valence-electron chi connectivity index (χ4n) is 1.23. The minimum absolute atomic E-state index is 0.538. The zero-order valence-corrected chi connectivity index (χ0v) is 8.60. The first-order valence-corrected chi connectivity index (χ1v) is 4.46. The van der Waals surface area contributed by atoms with E-state index in [0.29, 0.717) is 6.07 Å². The Morgan fingerprint density at radius 3 is 2.50 bits per heavy atom. The Labute approximate surface area is 98.6 Å². The number of ether oxygens (including phenoxy) is 1. The van der Waals surface area contributed by atoms with Gasteiger partial charge in [0.2, 0.25) is 0 Å². The maximum absolute atomic E-state index is 13.5. The highest BCUT2D eigenvalue weighted by atomic mass is 19.3. The van der Waals surface area contributed by atoms with E-state index in [1.54, 1.807) is 0 Å². The van der Waals surface area contributed by atoms with Gasteiger partial charge in [0, 0.05) is 5.56 Å².